The van der Waals surface area contributed by atoms with Crippen molar-refractivity contribution in [1.82, 2.24) is 5.32 Å². The first-order chi connectivity index (χ1) is 12.1. The minimum atomic E-state index is -0.256. The summed E-state index contributed by atoms with van der Waals surface area (Å²) >= 11 is 0. The number of carbonyl (C=O) groups is 1. The topological polar surface area (TPSA) is 56.8 Å². The number of hydrogen-bond acceptors (Lipinski definition) is 4. The average Bonchev–Trinajstić information content (AvgIpc) is 2.64. The molecule has 1 amide bonds. The third-order valence-corrected chi connectivity index (χ3v) is 3.86. The predicted octanol–water partition coefficient (Wildman–Crippen LogP) is 3.64. The molecule has 0 aromatic heterocycles. The van der Waals surface area contributed by atoms with Crippen LogP contribution in [0, 0.1) is 0 Å². The molecule has 25 heavy (non-hydrogen) atoms. The zero-order chi connectivity index (χ0) is 18.2. The van der Waals surface area contributed by atoms with Crippen molar-refractivity contribution in [2.75, 3.05) is 27.4 Å². The number of benzene rings is 2. The number of methoxy groups -OCH3 is 2. The van der Waals surface area contributed by atoms with Gasteiger partial charge in [0.05, 0.1) is 20.8 Å². The molecule has 0 heterocycles. The van der Waals surface area contributed by atoms with Crippen LogP contribution in [0.1, 0.15) is 35.7 Å². The highest BCUT2D eigenvalue weighted by atomic mass is 16.5. The summed E-state index contributed by atoms with van der Waals surface area (Å²) in [4.78, 5) is 12.4. The molecule has 2 aromatic rings. The second-order valence-corrected chi connectivity index (χ2v) is 5.87. The van der Waals surface area contributed by atoms with Gasteiger partial charge in [-0.1, -0.05) is 32.0 Å². The maximum Gasteiger partial charge on any atom is 0.258 e. The highest BCUT2D eigenvalue weighted by Gasteiger charge is 2.17. The second-order valence-electron chi connectivity index (χ2n) is 5.87. The fourth-order valence-corrected chi connectivity index (χ4v) is 2.45. The van der Waals surface area contributed by atoms with Crippen LogP contribution in [-0.4, -0.2) is 33.3 Å². The standard InChI is InChI=1S/C20H25NO4/c1-14(2)15-8-10-16(11-9-15)25-13-12-21-20(22)19-17(23-3)6-5-7-18(19)24-4/h5-11,14H,12-13H2,1-4H3,(H,21,22). The van der Waals surface area contributed by atoms with Crippen LogP contribution in [0.25, 0.3) is 0 Å². The molecule has 0 aliphatic rings. The van der Waals surface area contributed by atoms with E-state index in [0.29, 0.717) is 36.1 Å². The van der Waals surface area contributed by atoms with Gasteiger partial charge in [0.25, 0.3) is 5.91 Å². The van der Waals surface area contributed by atoms with Crippen molar-refractivity contribution >= 4 is 5.91 Å². The zero-order valence-electron chi connectivity index (χ0n) is 15.2. The molecule has 0 bridgehead atoms. The van der Waals surface area contributed by atoms with E-state index in [-0.39, 0.29) is 5.91 Å². The molecule has 0 spiro atoms. The summed E-state index contributed by atoms with van der Waals surface area (Å²) in [6, 6.07) is 13.2. The second kappa shape index (κ2) is 8.97. The van der Waals surface area contributed by atoms with Gasteiger partial charge in [-0.05, 0) is 35.7 Å². The molecule has 0 atom stereocenters. The Balaban J connectivity index is 1.89. The number of rotatable bonds is 8. The van der Waals surface area contributed by atoms with Crippen LogP contribution < -0.4 is 19.5 Å². The van der Waals surface area contributed by atoms with E-state index in [9.17, 15) is 4.79 Å². The van der Waals surface area contributed by atoms with Gasteiger partial charge in [0.15, 0.2) is 0 Å². The van der Waals surface area contributed by atoms with Crippen LogP contribution in [0.2, 0.25) is 0 Å². The maximum absolute atomic E-state index is 12.4. The van der Waals surface area contributed by atoms with E-state index in [2.05, 4.69) is 31.3 Å². The van der Waals surface area contributed by atoms with Crippen LogP contribution in [0.15, 0.2) is 42.5 Å². The SMILES string of the molecule is COc1cccc(OC)c1C(=O)NCCOc1ccc(C(C)C)cc1. The van der Waals surface area contributed by atoms with E-state index in [4.69, 9.17) is 14.2 Å². The summed E-state index contributed by atoms with van der Waals surface area (Å²) in [6.45, 7) is 5.06. The van der Waals surface area contributed by atoms with Crippen LogP contribution >= 0.6 is 0 Å². The lowest BCUT2D eigenvalue weighted by atomic mass is 10.0. The summed E-state index contributed by atoms with van der Waals surface area (Å²) in [5.41, 5.74) is 1.65. The largest absolute Gasteiger partial charge is 0.496 e. The fraction of sp³-hybridized carbons (Fsp3) is 0.350. The molecule has 2 aromatic carbocycles. The highest BCUT2D eigenvalue weighted by molar-refractivity contribution is 5.99. The van der Waals surface area contributed by atoms with E-state index in [1.54, 1.807) is 18.2 Å². The summed E-state index contributed by atoms with van der Waals surface area (Å²) < 4.78 is 16.1. The van der Waals surface area contributed by atoms with Crippen LogP contribution in [0.5, 0.6) is 17.2 Å². The first kappa shape index (κ1) is 18.6. The monoisotopic (exact) mass is 343 g/mol. The van der Waals surface area contributed by atoms with Crippen molar-refractivity contribution in [3.63, 3.8) is 0 Å². The van der Waals surface area contributed by atoms with Crippen molar-refractivity contribution in [2.24, 2.45) is 0 Å². The van der Waals surface area contributed by atoms with E-state index < -0.39 is 0 Å². The molecule has 0 aliphatic carbocycles. The van der Waals surface area contributed by atoms with Gasteiger partial charge in [-0.25, -0.2) is 0 Å². The van der Waals surface area contributed by atoms with Gasteiger partial charge in [0.2, 0.25) is 0 Å². The van der Waals surface area contributed by atoms with Gasteiger partial charge in [0, 0.05) is 0 Å². The van der Waals surface area contributed by atoms with E-state index >= 15 is 0 Å². The van der Waals surface area contributed by atoms with E-state index in [0.717, 1.165) is 5.75 Å². The normalized spacial score (nSPS) is 10.4. The Morgan fingerprint density at radius 3 is 2.12 bits per heavy atom. The molecule has 0 unspecified atom stereocenters. The van der Waals surface area contributed by atoms with Gasteiger partial charge in [-0.3, -0.25) is 4.79 Å². The molecule has 1 N–H and O–H groups in total. The first-order valence-corrected chi connectivity index (χ1v) is 8.28. The van der Waals surface area contributed by atoms with Crippen molar-refractivity contribution in [3.05, 3.63) is 53.6 Å². The van der Waals surface area contributed by atoms with Crippen molar-refractivity contribution in [3.8, 4) is 17.2 Å². The average molecular weight is 343 g/mol. The Kier molecular flexibility index (Phi) is 6.69. The number of amides is 1. The quantitative estimate of drug-likeness (QED) is 0.744. The summed E-state index contributed by atoms with van der Waals surface area (Å²) in [5, 5.41) is 2.82. The lowest BCUT2D eigenvalue weighted by Gasteiger charge is -2.13. The Hall–Kier alpha value is -2.69. The van der Waals surface area contributed by atoms with E-state index in [1.807, 2.05) is 12.1 Å². The molecular formula is C20H25NO4. The lowest BCUT2D eigenvalue weighted by Crippen LogP contribution is -2.28. The van der Waals surface area contributed by atoms with Gasteiger partial charge in [0.1, 0.15) is 29.4 Å². The van der Waals surface area contributed by atoms with Gasteiger partial charge < -0.3 is 19.5 Å². The molecule has 0 fully saturated rings. The predicted molar refractivity (Wildman–Crippen MR) is 97.9 cm³/mol. The first-order valence-electron chi connectivity index (χ1n) is 8.28. The van der Waals surface area contributed by atoms with E-state index in [1.165, 1.54) is 19.8 Å². The molecule has 0 saturated heterocycles. The molecule has 134 valence electrons. The molecule has 5 heteroatoms. The van der Waals surface area contributed by atoms with Gasteiger partial charge in [-0.15, -0.1) is 0 Å². The van der Waals surface area contributed by atoms with Gasteiger partial charge >= 0.3 is 0 Å². The minimum Gasteiger partial charge on any atom is -0.496 e. The van der Waals surface area contributed by atoms with Crippen LogP contribution in [0.3, 0.4) is 0 Å². The summed E-state index contributed by atoms with van der Waals surface area (Å²) in [5.74, 6) is 1.97. The number of carbonyl (C=O) groups excluding carboxylic acids is 1. The summed E-state index contributed by atoms with van der Waals surface area (Å²) in [7, 11) is 3.05. The number of nitrogens with one attached hydrogen (secondary N) is 1. The maximum atomic E-state index is 12.4. The van der Waals surface area contributed by atoms with Crippen molar-refractivity contribution < 1.29 is 19.0 Å². The molecule has 0 saturated carbocycles. The van der Waals surface area contributed by atoms with Crippen molar-refractivity contribution in [1.29, 1.82) is 0 Å². The number of ether oxygens (including phenoxy) is 3. The Morgan fingerprint density at radius 2 is 1.60 bits per heavy atom. The third-order valence-electron chi connectivity index (χ3n) is 3.86. The molecule has 2 rings (SSSR count). The molecule has 0 radical (unpaired) electrons. The number of hydrogen-bond donors (Lipinski definition) is 1. The van der Waals surface area contributed by atoms with Crippen LogP contribution in [-0.2, 0) is 0 Å². The minimum absolute atomic E-state index is 0.256. The Bertz CT molecular complexity index is 673. The fourth-order valence-electron chi connectivity index (χ4n) is 2.45. The van der Waals surface area contributed by atoms with Gasteiger partial charge in [-0.2, -0.15) is 0 Å². The van der Waals surface area contributed by atoms with Crippen molar-refractivity contribution in [2.45, 2.75) is 19.8 Å². The Morgan fingerprint density at radius 1 is 1.00 bits per heavy atom. The molecular weight excluding hydrogens is 318 g/mol. The molecule has 0 aliphatic heterocycles. The summed E-state index contributed by atoms with van der Waals surface area (Å²) in [6.07, 6.45) is 0. The Labute approximate surface area is 148 Å². The zero-order valence-corrected chi connectivity index (χ0v) is 15.2. The third kappa shape index (κ3) is 4.89. The lowest BCUT2D eigenvalue weighted by molar-refractivity contribution is 0.0940. The van der Waals surface area contributed by atoms with Crippen LogP contribution in [0.4, 0.5) is 0 Å². The highest BCUT2D eigenvalue weighted by Crippen LogP contribution is 2.27. The molecule has 5 nitrogen and oxygen atoms in total. The smallest absolute Gasteiger partial charge is 0.258 e.